The molecule has 5 rings (SSSR count). The highest BCUT2D eigenvalue weighted by molar-refractivity contribution is 5.50. The van der Waals surface area contributed by atoms with Crippen molar-refractivity contribution in [2.45, 2.75) is 57.9 Å². The van der Waals surface area contributed by atoms with Gasteiger partial charge in [-0.15, -0.1) is 0 Å². The molecule has 102 valence electrons. The van der Waals surface area contributed by atoms with Crippen LogP contribution in [0.3, 0.4) is 0 Å². The molecular weight excluding hydrogens is 230 g/mol. The summed E-state index contributed by atoms with van der Waals surface area (Å²) in [6.07, 6.45) is 8.83. The van der Waals surface area contributed by atoms with E-state index in [0.717, 1.165) is 17.8 Å². The minimum atomic E-state index is 0.439. The molecule has 1 heteroatoms. The molecule has 4 aliphatic rings. The number of benzene rings is 1. The first-order valence-corrected chi connectivity index (χ1v) is 7.97. The van der Waals surface area contributed by atoms with Crippen molar-refractivity contribution in [3.8, 4) is 0 Å². The minimum absolute atomic E-state index is 0.439. The van der Waals surface area contributed by atoms with Crippen LogP contribution in [0.25, 0.3) is 0 Å². The van der Waals surface area contributed by atoms with E-state index in [4.69, 9.17) is 0 Å². The number of anilines is 1. The van der Waals surface area contributed by atoms with E-state index in [1.165, 1.54) is 55.3 Å². The molecule has 0 amide bonds. The lowest BCUT2D eigenvalue weighted by molar-refractivity contribution is 0.0107. The summed E-state index contributed by atoms with van der Waals surface area (Å²) < 4.78 is 0. The summed E-state index contributed by atoms with van der Waals surface area (Å²) in [6, 6.07) is 6.92. The molecule has 0 saturated heterocycles. The second-order valence-electron chi connectivity index (χ2n) is 7.70. The van der Waals surface area contributed by atoms with Gasteiger partial charge in [-0.05, 0) is 93.4 Å². The van der Waals surface area contributed by atoms with Crippen LogP contribution >= 0.6 is 0 Å². The Morgan fingerprint density at radius 1 is 0.842 bits per heavy atom. The Bertz CT molecular complexity index is 447. The van der Waals surface area contributed by atoms with Crippen LogP contribution in [0.4, 0.5) is 5.69 Å². The van der Waals surface area contributed by atoms with Crippen molar-refractivity contribution in [2.24, 2.45) is 17.8 Å². The molecule has 0 aliphatic heterocycles. The predicted octanol–water partition coefficient (Wildman–Crippen LogP) is 4.68. The van der Waals surface area contributed by atoms with E-state index in [2.05, 4.69) is 37.4 Å². The van der Waals surface area contributed by atoms with Gasteiger partial charge in [-0.3, -0.25) is 0 Å². The first-order valence-electron chi connectivity index (χ1n) is 7.97. The van der Waals surface area contributed by atoms with Gasteiger partial charge in [0.1, 0.15) is 0 Å². The fourth-order valence-electron chi connectivity index (χ4n) is 5.62. The molecule has 1 N–H and O–H groups in total. The highest BCUT2D eigenvalue weighted by atomic mass is 15.0. The van der Waals surface area contributed by atoms with Crippen molar-refractivity contribution in [1.82, 2.24) is 0 Å². The summed E-state index contributed by atoms with van der Waals surface area (Å²) in [4.78, 5) is 0. The molecule has 0 atom stereocenters. The molecule has 1 nitrogen and oxygen atoms in total. The van der Waals surface area contributed by atoms with Crippen molar-refractivity contribution < 1.29 is 0 Å². The van der Waals surface area contributed by atoms with Gasteiger partial charge in [-0.1, -0.05) is 6.07 Å². The predicted molar refractivity (Wildman–Crippen MR) is 80.4 cm³/mol. The van der Waals surface area contributed by atoms with E-state index in [1.807, 2.05) is 0 Å². The van der Waals surface area contributed by atoms with Crippen LogP contribution < -0.4 is 5.32 Å². The monoisotopic (exact) mass is 255 g/mol. The van der Waals surface area contributed by atoms with E-state index in [9.17, 15) is 0 Å². The molecule has 0 spiro atoms. The Morgan fingerprint density at radius 3 is 1.79 bits per heavy atom. The SMILES string of the molecule is Cc1cc(C)cc(NC23CC4CC(CC(C4)C2)C3)c1. The van der Waals surface area contributed by atoms with Gasteiger partial charge in [0.2, 0.25) is 0 Å². The van der Waals surface area contributed by atoms with Gasteiger partial charge in [0.25, 0.3) is 0 Å². The third-order valence-electron chi connectivity index (χ3n) is 5.67. The molecule has 4 fully saturated rings. The number of aryl methyl sites for hydroxylation is 2. The van der Waals surface area contributed by atoms with Crippen LogP contribution in [0.15, 0.2) is 18.2 Å². The molecule has 1 aromatic carbocycles. The van der Waals surface area contributed by atoms with Gasteiger partial charge < -0.3 is 5.32 Å². The van der Waals surface area contributed by atoms with Gasteiger partial charge in [-0.25, -0.2) is 0 Å². The molecule has 0 radical (unpaired) electrons. The van der Waals surface area contributed by atoms with Crippen LogP contribution in [0.1, 0.15) is 49.7 Å². The molecule has 4 aliphatic carbocycles. The van der Waals surface area contributed by atoms with Crippen molar-refractivity contribution in [2.75, 3.05) is 5.32 Å². The maximum absolute atomic E-state index is 3.97. The highest BCUT2D eigenvalue weighted by Crippen LogP contribution is 2.56. The molecule has 19 heavy (non-hydrogen) atoms. The van der Waals surface area contributed by atoms with Gasteiger partial charge >= 0.3 is 0 Å². The van der Waals surface area contributed by atoms with Crippen LogP contribution in [0.5, 0.6) is 0 Å². The Morgan fingerprint density at radius 2 is 1.32 bits per heavy atom. The van der Waals surface area contributed by atoms with Gasteiger partial charge in [0, 0.05) is 11.2 Å². The number of hydrogen-bond acceptors (Lipinski definition) is 1. The molecule has 4 bridgehead atoms. The average molecular weight is 255 g/mol. The third kappa shape index (κ3) is 2.07. The summed E-state index contributed by atoms with van der Waals surface area (Å²) in [5.41, 5.74) is 4.56. The lowest BCUT2D eigenvalue weighted by atomic mass is 9.53. The normalized spacial score (nSPS) is 39.6. The summed E-state index contributed by atoms with van der Waals surface area (Å²) in [5.74, 6) is 3.05. The Balaban J connectivity index is 1.62. The summed E-state index contributed by atoms with van der Waals surface area (Å²) in [7, 11) is 0. The van der Waals surface area contributed by atoms with Crippen molar-refractivity contribution in [3.63, 3.8) is 0 Å². The fourth-order valence-corrected chi connectivity index (χ4v) is 5.62. The first-order chi connectivity index (χ1) is 9.10. The van der Waals surface area contributed by atoms with Crippen LogP contribution in [0.2, 0.25) is 0 Å². The number of rotatable bonds is 2. The largest absolute Gasteiger partial charge is 0.380 e. The van der Waals surface area contributed by atoms with Crippen molar-refractivity contribution in [1.29, 1.82) is 0 Å². The van der Waals surface area contributed by atoms with E-state index in [-0.39, 0.29) is 0 Å². The van der Waals surface area contributed by atoms with Crippen LogP contribution in [0, 0.1) is 31.6 Å². The Labute approximate surface area is 116 Å². The summed E-state index contributed by atoms with van der Waals surface area (Å²) >= 11 is 0. The Hall–Kier alpha value is -0.980. The van der Waals surface area contributed by atoms with E-state index in [1.54, 1.807) is 0 Å². The number of nitrogens with one attached hydrogen (secondary N) is 1. The third-order valence-corrected chi connectivity index (χ3v) is 5.67. The average Bonchev–Trinajstić information content (AvgIpc) is 2.23. The lowest BCUT2D eigenvalue weighted by Crippen LogP contribution is -2.54. The Kier molecular flexibility index (Phi) is 2.49. The van der Waals surface area contributed by atoms with Gasteiger partial charge in [0.05, 0.1) is 0 Å². The lowest BCUT2D eigenvalue weighted by Gasteiger charge is -2.57. The summed E-state index contributed by atoms with van der Waals surface area (Å²) in [6.45, 7) is 4.41. The van der Waals surface area contributed by atoms with Crippen LogP contribution in [-0.2, 0) is 0 Å². The topological polar surface area (TPSA) is 12.0 Å². The molecule has 4 saturated carbocycles. The zero-order valence-electron chi connectivity index (χ0n) is 12.2. The first kappa shape index (κ1) is 11.8. The van der Waals surface area contributed by atoms with E-state index in [0.29, 0.717) is 5.54 Å². The van der Waals surface area contributed by atoms with E-state index < -0.39 is 0 Å². The quantitative estimate of drug-likeness (QED) is 0.808. The zero-order chi connectivity index (χ0) is 13.0. The molecular formula is C18H25N. The molecule has 0 aromatic heterocycles. The molecule has 0 unspecified atom stereocenters. The zero-order valence-corrected chi connectivity index (χ0v) is 12.2. The second-order valence-corrected chi connectivity index (χ2v) is 7.70. The standard InChI is InChI=1S/C18H25N/c1-12-3-13(2)5-17(4-12)19-18-9-14-6-15(10-18)8-16(7-14)11-18/h3-5,14-16,19H,6-11H2,1-2H3. The molecule has 1 aromatic rings. The van der Waals surface area contributed by atoms with Gasteiger partial charge in [0.15, 0.2) is 0 Å². The second kappa shape index (κ2) is 4.01. The molecule has 0 heterocycles. The van der Waals surface area contributed by atoms with Crippen molar-refractivity contribution >= 4 is 5.69 Å². The smallest absolute Gasteiger partial charge is 0.0381 e. The van der Waals surface area contributed by atoms with Gasteiger partial charge in [-0.2, -0.15) is 0 Å². The minimum Gasteiger partial charge on any atom is -0.380 e. The van der Waals surface area contributed by atoms with E-state index >= 15 is 0 Å². The number of hydrogen-bond donors (Lipinski definition) is 1. The highest BCUT2D eigenvalue weighted by Gasteiger charge is 2.50. The fraction of sp³-hybridized carbons (Fsp3) is 0.667. The summed E-state index contributed by atoms with van der Waals surface area (Å²) in [5, 5.41) is 3.97. The maximum atomic E-state index is 3.97. The maximum Gasteiger partial charge on any atom is 0.0381 e. The van der Waals surface area contributed by atoms with Crippen molar-refractivity contribution in [3.05, 3.63) is 29.3 Å². The van der Waals surface area contributed by atoms with Crippen LogP contribution in [-0.4, -0.2) is 5.54 Å².